The molecular formula is C13H21NO3. The zero-order valence-corrected chi connectivity index (χ0v) is 10.8. The van der Waals surface area contributed by atoms with Gasteiger partial charge in [0.2, 0.25) is 0 Å². The van der Waals surface area contributed by atoms with Crippen molar-refractivity contribution in [1.29, 1.82) is 0 Å². The Hall–Kier alpha value is -1.16. The molecule has 1 aliphatic rings. The molecule has 1 rings (SSSR count). The van der Waals surface area contributed by atoms with Gasteiger partial charge in [-0.15, -0.1) is 6.58 Å². The quantitative estimate of drug-likeness (QED) is 0.460. The number of allylic oxidation sites excluding steroid dienone is 1. The van der Waals surface area contributed by atoms with Gasteiger partial charge in [-0.25, -0.2) is 0 Å². The number of ether oxygens (including phenoxy) is 1. The third kappa shape index (κ3) is 3.16. The van der Waals surface area contributed by atoms with Gasteiger partial charge in [-0.3, -0.25) is 9.59 Å². The van der Waals surface area contributed by atoms with Crippen molar-refractivity contribution in [3.63, 3.8) is 0 Å². The number of piperidine rings is 1. The molecule has 0 saturated carbocycles. The Morgan fingerprint density at radius 1 is 1.59 bits per heavy atom. The van der Waals surface area contributed by atoms with Crippen molar-refractivity contribution in [1.82, 2.24) is 5.32 Å². The topological polar surface area (TPSA) is 55.4 Å². The normalized spacial score (nSPS) is 25.5. The molecule has 0 aromatic carbocycles. The van der Waals surface area contributed by atoms with Crippen molar-refractivity contribution in [3.8, 4) is 0 Å². The van der Waals surface area contributed by atoms with E-state index >= 15 is 0 Å². The highest BCUT2D eigenvalue weighted by Gasteiger charge is 2.48. The lowest BCUT2D eigenvalue weighted by molar-refractivity contribution is -0.171. The van der Waals surface area contributed by atoms with Crippen LogP contribution in [-0.2, 0) is 14.3 Å². The Morgan fingerprint density at radius 3 is 2.71 bits per heavy atom. The maximum absolute atomic E-state index is 12.2. The van der Waals surface area contributed by atoms with Crippen molar-refractivity contribution >= 4 is 11.8 Å². The van der Waals surface area contributed by atoms with Gasteiger partial charge in [-0.2, -0.15) is 0 Å². The first-order valence-electron chi connectivity index (χ1n) is 5.90. The van der Waals surface area contributed by atoms with Gasteiger partial charge in [0.15, 0.2) is 5.78 Å². The molecule has 0 bridgehead atoms. The number of carbonyl (C=O) groups excluding carboxylic acids is 2. The lowest BCUT2D eigenvalue weighted by atomic mass is 9.76. The molecule has 1 fully saturated rings. The molecular weight excluding hydrogens is 218 g/mol. The highest BCUT2D eigenvalue weighted by atomic mass is 16.6. The van der Waals surface area contributed by atoms with Gasteiger partial charge in [-0.05, 0) is 27.2 Å². The molecule has 0 aliphatic carbocycles. The van der Waals surface area contributed by atoms with Crippen LogP contribution in [0, 0.1) is 5.41 Å². The lowest BCUT2D eigenvalue weighted by Gasteiger charge is -2.35. The van der Waals surface area contributed by atoms with Crippen molar-refractivity contribution in [2.45, 2.75) is 39.2 Å². The zero-order chi connectivity index (χ0) is 13.1. The zero-order valence-electron chi connectivity index (χ0n) is 10.8. The van der Waals surface area contributed by atoms with E-state index in [1.807, 2.05) is 0 Å². The van der Waals surface area contributed by atoms with Crippen LogP contribution in [0.15, 0.2) is 12.7 Å². The summed E-state index contributed by atoms with van der Waals surface area (Å²) in [7, 11) is 0. The average Bonchev–Trinajstić information content (AvgIpc) is 2.19. The van der Waals surface area contributed by atoms with E-state index in [9.17, 15) is 9.59 Å². The molecule has 0 radical (unpaired) electrons. The molecule has 1 atom stereocenters. The van der Waals surface area contributed by atoms with Crippen LogP contribution in [0.5, 0.6) is 0 Å². The fraction of sp³-hybridized carbons (Fsp3) is 0.692. The maximum Gasteiger partial charge on any atom is 0.321 e. The van der Waals surface area contributed by atoms with Crippen LogP contribution in [-0.4, -0.2) is 30.4 Å². The number of nitrogens with one attached hydrogen (secondary N) is 1. The largest absolute Gasteiger partial charge is 0.459 e. The van der Waals surface area contributed by atoms with E-state index in [0.29, 0.717) is 25.9 Å². The summed E-state index contributed by atoms with van der Waals surface area (Å²) in [6, 6.07) is 0. The smallest absolute Gasteiger partial charge is 0.321 e. The van der Waals surface area contributed by atoms with Crippen molar-refractivity contribution in [2.75, 3.05) is 13.1 Å². The Morgan fingerprint density at radius 2 is 2.24 bits per heavy atom. The Bertz CT molecular complexity index is 330. The number of hydrogen-bond acceptors (Lipinski definition) is 4. The molecule has 96 valence electrons. The van der Waals surface area contributed by atoms with Crippen molar-refractivity contribution in [2.24, 2.45) is 5.41 Å². The summed E-state index contributed by atoms with van der Waals surface area (Å²) in [5.74, 6) is -0.493. The average molecular weight is 239 g/mol. The van der Waals surface area contributed by atoms with E-state index in [1.54, 1.807) is 26.8 Å². The third-order valence-electron chi connectivity index (χ3n) is 2.77. The van der Waals surface area contributed by atoms with E-state index in [4.69, 9.17) is 4.74 Å². The number of Topliss-reactive ketones (excluding diaryl/α,β-unsaturated/α-hetero) is 1. The summed E-state index contributed by atoms with van der Waals surface area (Å²) < 4.78 is 5.36. The van der Waals surface area contributed by atoms with E-state index in [-0.39, 0.29) is 5.78 Å². The van der Waals surface area contributed by atoms with E-state index in [1.165, 1.54) is 0 Å². The highest BCUT2D eigenvalue weighted by Crippen LogP contribution is 2.31. The summed E-state index contributed by atoms with van der Waals surface area (Å²) in [5.41, 5.74) is -1.66. The first kappa shape index (κ1) is 13.9. The predicted octanol–water partition coefficient (Wildman–Crippen LogP) is 1.45. The number of ketones is 1. The molecule has 1 heterocycles. The maximum atomic E-state index is 12.2. The van der Waals surface area contributed by atoms with Crippen LogP contribution in [0.2, 0.25) is 0 Å². The van der Waals surface area contributed by atoms with Gasteiger partial charge in [0, 0.05) is 19.5 Å². The SMILES string of the molecule is C=CCC1(C(=O)OC(C)(C)C)CNCCC1=O. The first-order chi connectivity index (χ1) is 7.82. The second-order valence-electron chi connectivity index (χ2n) is 5.43. The van der Waals surface area contributed by atoms with Crippen LogP contribution < -0.4 is 5.32 Å². The molecule has 1 unspecified atom stereocenters. The standard InChI is InChI=1S/C13H21NO3/c1-5-7-13(9-14-8-6-10(13)15)11(16)17-12(2,3)4/h5,14H,1,6-9H2,2-4H3. The first-order valence-corrected chi connectivity index (χ1v) is 5.90. The third-order valence-corrected chi connectivity index (χ3v) is 2.77. The van der Waals surface area contributed by atoms with Gasteiger partial charge < -0.3 is 10.1 Å². The second kappa shape index (κ2) is 5.00. The molecule has 4 nitrogen and oxygen atoms in total. The summed E-state index contributed by atoms with van der Waals surface area (Å²) in [6.45, 7) is 9.99. The fourth-order valence-electron chi connectivity index (χ4n) is 1.92. The van der Waals surface area contributed by atoms with E-state index in [0.717, 1.165) is 0 Å². The summed E-state index contributed by atoms with van der Waals surface area (Å²) in [4.78, 5) is 24.3. The van der Waals surface area contributed by atoms with E-state index in [2.05, 4.69) is 11.9 Å². The molecule has 1 N–H and O–H groups in total. The van der Waals surface area contributed by atoms with Gasteiger partial charge in [0.1, 0.15) is 11.0 Å². The van der Waals surface area contributed by atoms with Crippen molar-refractivity contribution < 1.29 is 14.3 Å². The van der Waals surface area contributed by atoms with E-state index < -0.39 is 17.0 Å². The molecule has 1 aliphatic heterocycles. The molecule has 0 amide bonds. The van der Waals surface area contributed by atoms with Gasteiger partial charge in [-0.1, -0.05) is 6.08 Å². The Labute approximate surface area is 102 Å². The molecule has 4 heteroatoms. The minimum atomic E-state index is -1.08. The van der Waals surface area contributed by atoms with Crippen LogP contribution in [0.25, 0.3) is 0 Å². The number of carbonyl (C=O) groups is 2. The van der Waals surface area contributed by atoms with Crippen LogP contribution in [0.1, 0.15) is 33.6 Å². The second-order valence-corrected chi connectivity index (χ2v) is 5.43. The lowest BCUT2D eigenvalue weighted by Crippen LogP contribution is -2.53. The minimum absolute atomic E-state index is 0.0506. The summed E-state index contributed by atoms with van der Waals surface area (Å²) in [6.07, 6.45) is 2.30. The highest BCUT2D eigenvalue weighted by molar-refractivity contribution is 6.05. The molecule has 0 aromatic rings. The summed E-state index contributed by atoms with van der Waals surface area (Å²) in [5, 5.41) is 3.09. The van der Waals surface area contributed by atoms with Gasteiger partial charge in [0.25, 0.3) is 0 Å². The van der Waals surface area contributed by atoms with Gasteiger partial charge >= 0.3 is 5.97 Å². The Balaban J connectivity index is 2.94. The molecule has 1 saturated heterocycles. The number of esters is 1. The van der Waals surface area contributed by atoms with Gasteiger partial charge in [0.05, 0.1) is 0 Å². The molecule has 0 spiro atoms. The van der Waals surface area contributed by atoms with Crippen LogP contribution >= 0.6 is 0 Å². The van der Waals surface area contributed by atoms with Crippen LogP contribution in [0.3, 0.4) is 0 Å². The van der Waals surface area contributed by atoms with Crippen molar-refractivity contribution in [3.05, 3.63) is 12.7 Å². The minimum Gasteiger partial charge on any atom is -0.459 e. The predicted molar refractivity (Wildman–Crippen MR) is 65.6 cm³/mol. The van der Waals surface area contributed by atoms with Crippen LogP contribution in [0.4, 0.5) is 0 Å². The molecule has 0 aromatic heterocycles. The molecule has 17 heavy (non-hydrogen) atoms. The Kier molecular flexibility index (Phi) is 4.09. The number of rotatable bonds is 3. The fourth-order valence-corrected chi connectivity index (χ4v) is 1.92. The number of hydrogen-bond donors (Lipinski definition) is 1. The monoisotopic (exact) mass is 239 g/mol. The summed E-state index contributed by atoms with van der Waals surface area (Å²) >= 11 is 0.